The molecule has 0 aliphatic heterocycles. The number of benzene rings is 3. The van der Waals surface area contributed by atoms with Gasteiger partial charge in [-0.25, -0.2) is 8.78 Å². The molecule has 3 rings (SSSR count). The van der Waals surface area contributed by atoms with Crippen LogP contribution < -0.4 is 10.6 Å². The summed E-state index contributed by atoms with van der Waals surface area (Å²) in [7, 11) is 0. The van der Waals surface area contributed by atoms with Gasteiger partial charge in [-0.2, -0.15) is 0 Å². The predicted octanol–water partition coefficient (Wildman–Crippen LogP) is 5.12. The highest BCUT2D eigenvalue weighted by molar-refractivity contribution is 6.31. The topological polar surface area (TPSA) is 58.2 Å². The van der Waals surface area contributed by atoms with Crippen molar-refractivity contribution in [2.45, 2.75) is 0 Å². The Labute approximate surface area is 158 Å². The first-order valence-corrected chi connectivity index (χ1v) is 8.23. The zero-order chi connectivity index (χ0) is 19.4. The number of halogens is 3. The number of hydrogen-bond acceptors (Lipinski definition) is 2. The van der Waals surface area contributed by atoms with Crippen molar-refractivity contribution >= 4 is 34.8 Å². The van der Waals surface area contributed by atoms with Crippen LogP contribution in [-0.4, -0.2) is 11.8 Å². The number of amides is 2. The molecule has 27 heavy (non-hydrogen) atoms. The predicted molar refractivity (Wildman–Crippen MR) is 100 cm³/mol. The summed E-state index contributed by atoms with van der Waals surface area (Å²) in [5, 5.41) is 5.62. The second kappa shape index (κ2) is 7.97. The molecule has 3 aromatic carbocycles. The van der Waals surface area contributed by atoms with Crippen LogP contribution in [0.4, 0.5) is 20.2 Å². The maximum Gasteiger partial charge on any atom is 0.255 e. The second-order valence-electron chi connectivity index (χ2n) is 5.63. The van der Waals surface area contributed by atoms with Gasteiger partial charge in [0.1, 0.15) is 0 Å². The van der Waals surface area contributed by atoms with Gasteiger partial charge in [0.2, 0.25) is 0 Å². The van der Waals surface area contributed by atoms with Crippen LogP contribution in [0.1, 0.15) is 20.7 Å². The van der Waals surface area contributed by atoms with E-state index >= 15 is 0 Å². The maximum absolute atomic E-state index is 13.2. The molecule has 3 aromatic rings. The van der Waals surface area contributed by atoms with Crippen molar-refractivity contribution in [3.63, 3.8) is 0 Å². The van der Waals surface area contributed by atoms with Crippen LogP contribution >= 0.6 is 11.6 Å². The molecule has 0 saturated carbocycles. The molecule has 0 heterocycles. The van der Waals surface area contributed by atoms with E-state index in [0.29, 0.717) is 10.7 Å². The van der Waals surface area contributed by atoms with E-state index in [1.54, 1.807) is 36.4 Å². The number of carbonyl (C=O) groups excluding carboxylic acids is 2. The average molecular weight is 387 g/mol. The van der Waals surface area contributed by atoms with Crippen LogP contribution in [0.2, 0.25) is 5.02 Å². The summed E-state index contributed by atoms with van der Waals surface area (Å²) in [6.45, 7) is 0. The quantitative estimate of drug-likeness (QED) is 0.653. The number of carbonyl (C=O) groups is 2. The molecule has 0 fully saturated rings. The minimum atomic E-state index is -1.07. The molecule has 7 heteroatoms. The summed E-state index contributed by atoms with van der Waals surface area (Å²) in [6, 6.07) is 15.7. The van der Waals surface area contributed by atoms with Gasteiger partial charge in [-0.3, -0.25) is 9.59 Å². The Balaban J connectivity index is 1.75. The van der Waals surface area contributed by atoms with Crippen LogP contribution in [-0.2, 0) is 0 Å². The van der Waals surface area contributed by atoms with Crippen LogP contribution in [0.25, 0.3) is 0 Å². The van der Waals surface area contributed by atoms with Gasteiger partial charge in [0, 0.05) is 33.6 Å². The summed E-state index contributed by atoms with van der Waals surface area (Å²) in [4.78, 5) is 24.7. The first-order chi connectivity index (χ1) is 12.9. The molecular formula is C20H13ClF2N2O2. The van der Waals surface area contributed by atoms with Gasteiger partial charge in [0.25, 0.3) is 11.8 Å². The lowest BCUT2D eigenvalue weighted by Gasteiger charge is -2.08. The van der Waals surface area contributed by atoms with Gasteiger partial charge < -0.3 is 10.6 Å². The molecule has 4 nitrogen and oxygen atoms in total. The van der Waals surface area contributed by atoms with Crippen LogP contribution in [0.5, 0.6) is 0 Å². The van der Waals surface area contributed by atoms with Gasteiger partial charge in [0.05, 0.1) is 0 Å². The van der Waals surface area contributed by atoms with E-state index in [0.717, 1.165) is 12.1 Å². The second-order valence-corrected chi connectivity index (χ2v) is 6.06. The summed E-state index contributed by atoms with van der Waals surface area (Å²) in [5.74, 6) is -3.05. The highest BCUT2D eigenvalue weighted by Gasteiger charge is 2.12. The van der Waals surface area contributed by atoms with E-state index in [-0.39, 0.29) is 16.8 Å². The third kappa shape index (κ3) is 4.68. The highest BCUT2D eigenvalue weighted by Crippen LogP contribution is 2.17. The molecular weight excluding hydrogens is 374 g/mol. The highest BCUT2D eigenvalue weighted by atomic mass is 35.5. The van der Waals surface area contributed by atoms with Gasteiger partial charge in [-0.15, -0.1) is 0 Å². The Hall–Kier alpha value is -3.25. The average Bonchev–Trinajstić information content (AvgIpc) is 2.65. The standard InChI is InChI=1S/C20H13ClF2N2O2/c21-14-5-2-6-15(10-14)24-19(26)12-3-1-4-13(9-12)20(27)25-16-7-8-17(22)18(23)11-16/h1-11H,(H,24,26)(H,25,27). The Morgan fingerprint density at radius 1 is 0.704 bits per heavy atom. The molecule has 0 aliphatic rings. The third-order valence-electron chi connectivity index (χ3n) is 3.65. The molecule has 0 bridgehead atoms. The third-order valence-corrected chi connectivity index (χ3v) is 3.88. The fraction of sp³-hybridized carbons (Fsp3) is 0. The first kappa shape index (κ1) is 18.5. The molecule has 136 valence electrons. The van der Waals surface area contributed by atoms with E-state index in [1.165, 1.54) is 18.2 Å². The van der Waals surface area contributed by atoms with Crippen molar-refractivity contribution in [3.05, 3.63) is 94.5 Å². The van der Waals surface area contributed by atoms with E-state index in [9.17, 15) is 18.4 Å². The molecule has 0 spiro atoms. The van der Waals surface area contributed by atoms with E-state index < -0.39 is 23.4 Å². The van der Waals surface area contributed by atoms with Gasteiger partial charge >= 0.3 is 0 Å². The van der Waals surface area contributed by atoms with Gasteiger partial charge in [0.15, 0.2) is 11.6 Å². The summed E-state index contributed by atoms with van der Waals surface area (Å²) >= 11 is 5.88. The molecule has 0 aromatic heterocycles. The number of hydrogen-bond donors (Lipinski definition) is 2. The Bertz CT molecular complexity index is 1020. The van der Waals surface area contributed by atoms with Crippen molar-refractivity contribution in [2.24, 2.45) is 0 Å². The van der Waals surface area contributed by atoms with E-state index in [2.05, 4.69) is 10.6 Å². The Kier molecular flexibility index (Phi) is 5.47. The summed E-state index contributed by atoms with van der Waals surface area (Å²) in [5.41, 5.74) is 1.07. The fourth-order valence-electron chi connectivity index (χ4n) is 2.35. The Morgan fingerprint density at radius 3 is 1.89 bits per heavy atom. The minimum absolute atomic E-state index is 0.104. The largest absolute Gasteiger partial charge is 0.322 e. The number of rotatable bonds is 4. The lowest BCUT2D eigenvalue weighted by molar-refractivity contribution is 0.102. The normalized spacial score (nSPS) is 10.3. The smallest absolute Gasteiger partial charge is 0.255 e. The van der Waals surface area contributed by atoms with Crippen molar-refractivity contribution in [2.75, 3.05) is 10.6 Å². The zero-order valence-corrected chi connectivity index (χ0v) is 14.6. The first-order valence-electron chi connectivity index (χ1n) is 7.86. The molecule has 2 amide bonds. The van der Waals surface area contributed by atoms with E-state index in [1.807, 2.05) is 0 Å². The van der Waals surface area contributed by atoms with Crippen molar-refractivity contribution < 1.29 is 18.4 Å². The van der Waals surface area contributed by atoms with Crippen molar-refractivity contribution in [1.82, 2.24) is 0 Å². The molecule has 2 N–H and O–H groups in total. The van der Waals surface area contributed by atoms with Crippen molar-refractivity contribution in [1.29, 1.82) is 0 Å². The SMILES string of the molecule is O=C(Nc1cccc(Cl)c1)c1cccc(C(=O)Nc2ccc(F)c(F)c2)c1. The summed E-state index contributed by atoms with van der Waals surface area (Å²) in [6.07, 6.45) is 0. The number of nitrogens with one attached hydrogen (secondary N) is 2. The summed E-state index contributed by atoms with van der Waals surface area (Å²) < 4.78 is 26.2. The lowest BCUT2D eigenvalue weighted by atomic mass is 10.1. The van der Waals surface area contributed by atoms with Crippen LogP contribution in [0.3, 0.4) is 0 Å². The van der Waals surface area contributed by atoms with Gasteiger partial charge in [-0.1, -0.05) is 23.7 Å². The van der Waals surface area contributed by atoms with Crippen molar-refractivity contribution in [3.8, 4) is 0 Å². The molecule has 0 saturated heterocycles. The van der Waals surface area contributed by atoms with Gasteiger partial charge in [-0.05, 0) is 48.5 Å². The number of anilines is 2. The maximum atomic E-state index is 13.2. The molecule has 0 radical (unpaired) electrons. The Morgan fingerprint density at radius 2 is 1.30 bits per heavy atom. The monoisotopic (exact) mass is 386 g/mol. The minimum Gasteiger partial charge on any atom is -0.322 e. The van der Waals surface area contributed by atoms with E-state index in [4.69, 9.17) is 11.6 Å². The molecule has 0 atom stereocenters. The fourth-order valence-corrected chi connectivity index (χ4v) is 2.54. The lowest BCUT2D eigenvalue weighted by Crippen LogP contribution is -2.15. The molecule has 0 unspecified atom stereocenters. The molecule has 0 aliphatic carbocycles. The van der Waals surface area contributed by atoms with Crippen LogP contribution in [0.15, 0.2) is 66.7 Å². The zero-order valence-electron chi connectivity index (χ0n) is 13.8. The van der Waals surface area contributed by atoms with Crippen LogP contribution in [0, 0.1) is 11.6 Å².